The maximum Gasteiger partial charge on any atom is 0.220 e. The molecule has 2 unspecified atom stereocenters. The molecule has 1 amide bonds. The van der Waals surface area contributed by atoms with Crippen molar-refractivity contribution in [3.63, 3.8) is 0 Å². The van der Waals surface area contributed by atoms with Gasteiger partial charge < -0.3 is 15.2 Å². The number of aliphatic hydroxyl groups excluding tert-OH is 1. The van der Waals surface area contributed by atoms with Crippen LogP contribution in [0.1, 0.15) is 32.1 Å². The summed E-state index contributed by atoms with van der Waals surface area (Å²) in [4.78, 5) is 11.8. The first-order valence-electron chi connectivity index (χ1n) is 7.85. The van der Waals surface area contributed by atoms with Crippen molar-refractivity contribution >= 4 is 5.91 Å². The highest BCUT2D eigenvalue weighted by Crippen LogP contribution is 2.30. The summed E-state index contributed by atoms with van der Waals surface area (Å²) in [5.74, 6) is 1.73. The fourth-order valence-corrected chi connectivity index (χ4v) is 2.90. The number of hydrogen-bond donors (Lipinski definition) is 2. The highest BCUT2D eigenvalue weighted by molar-refractivity contribution is 5.75. The minimum Gasteiger partial charge on any atom is -0.494 e. The van der Waals surface area contributed by atoms with Crippen LogP contribution in [0.2, 0.25) is 0 Å². The van der Waals surface area contributed by atoms with Gasteiger partial charge in [-0.1, -0.05) is 24.6 Å². The van der Waals surface area contributed by atoms with Crippen molar-refractivity contribution in [3.05, 3.63) is 30.3 Å². The molecule has 2 N–H and O–H groups in total. The van der Waals surface area contributed by atoms with Crippen LogP contribution in [0.5, 0.6) is 5.75 Å². The Morgan fingerprint density at radius 3 is 2.76 bits per heavy atom. The van der Waals surface area contributed by atoms with Gasteiger partial charge in [0.2, 0.25) is 5.91 Å². The molecule has 0 bridgehead atoms. The summed E-state index contributed by atoms with van der Waals surface area (Å²) in [7, 11) is 0. The predicted molar refractivity (Wildman–Crippen MR) is 82.1 cm³/mol. The highest BCUT2D eigenvalue weighted by Gasteiger charge is 2.26. The third-order valence-corrected chi connectivity index (χ3v) is 4.17. The van der Waals surface area contributed by atoms with Gasteiger partial charge in [-0.15, -0.1) is 0 Å². The molecular formula is C17H25NO3. The number of carbonyl (C=O) groups is 1. The van der Waals surface area contributed by atoms with E-state index in [9.17, 15) is 9.90 Å². The lowest BCUT2D eigenvalue weighted by Crippen LogP contribution is -2.31. The molecule has 0 spiro atoms. The molecule has 1 aliphatic carbocycles. The smallest absolute Gasteiger partial charge is 0.220 e. The van der Waals surface area contributed by atoms with Crippen LogP contribution < -0.4 is 10.1 Å². The van der Waals surface area contributed by atoms with Gasteiger partial charge in [0.1, 0.15) is 5.75 Å². The summed E-state index contributed by atoms with van der Waals surface area (Å²) in [6.07, 6.45) is 4.57. The van der Waals surface area contributed by atoms with Crippen LogP contribution in [0.3, 0.4) is 0 Å². The molecule has 1 fully saturated rings. The van der Waals surface area contributed by atoms with Gasteiger partial charge >= 0.3 is 0 Å². The van der Waals surface area contributed by atoms with Crippen molar-refractivity contribution in [3.8, 4) is 5.75 Å². The molecule has 1 aromatic carbocycles. The average Bonchev–Trinajstić information content (AvgIpc) is 2.98. The number of amides is 1. The van der Waals surface area contributed by atoms with Crippen molar-refractivity contribution in [2.45, 2.75) is 32.1 Å². The average molecular weight is 291 g/mol. The van der Waals surface area contributed by atoms with E-state index in [-0.39, 0.29) is 12.5 Å². The Hall–Kier alpha value is -1.55. The third-order valence-electron chi connectivity index (χ3n) is 4.17. The van der Waals surface area contributed by atoms with Gasteiger partial charge in [0.15, 0.2) is 0 Å². The summed E-state index contributed by atoms with van der Waals surface area (Å²) in [5, 5.41) is 12.2. The van der Waals surface area contributed by atoms with Crippen molar-refractivity contribution in [1.82, 2.24) is 5.32 Å². The topological polar surface area (TPSA) is 58.6 Å². The molecular weight excluding hydrogens is 266 g/mol. The second-order valence-electron chi connectivity index (χ2n) is 5.70. The number of hydrogen-bond acceptors (Lipinski definition) is 3. The Bertz CT molecular complexity index is 421. The molecule has 21 heavy (non-hydrogen) atoms. The normalized spacial score (nSPS) is 21.2. The lowest BCUT2D eigenvalue weighted by Gasteiger charge is -2.17. The standard InChI is InChI=1S/C17H25NO3/c19-13-15-7-4-6-14(15)12-18-17(20)10-5-11-21-16-8-2-1-3-9-16/h1-3,8-9,14-15,19H,4-7,10-13H2,(H,18,20). The monoisotopic (exact) mass is 291 g/mol. The first kappa shape index (κ1) is 15.8. The van der Waals surface area contributed by atoms with E-state index in [0.29, 0.717) is 31.4 Å². The van der Waals surface area contributed by atoms with Gasteiger partial charge in [-0.05, 0) is 43.2 Å². The lowest BCUT2D eigenvalue weighted by atomic mass is 9.97. The Labute approximate surface area is 126 Å². The van der Waals surface area contributed by atoms with Gasteiger partial charge in [0, 0.05) is 19.6 Å². The second-order valence-corrected chi connectivity index (χ2v) is 5.70. The van der Waals surface area contributed by atoms with Crippen LogP contribution >= 0.6 is 0 Å². The van der Waals surface area contributed by atoms with Gasteiger partial charge in [-0.25, -0.2) is 0 Å². The number of nitrogens with one attached hydrogen (secondary N) is 1. The minimum absolute atomic E-state index is 0.0789. The van der Waals surface area contributed by atoms with Crippen LogP contribution in [0.25, 0.3) is 0 Å². The molecule has 1 aromatic rings. The largest absolute Gasteiger partial charge is 0.494 e. The van der Waals surface area contributed by atoms with E-state index in [0.717, 1.165) is 31.4 Å². The maximum atomic E-state index is 11.8. The number of aliphatic hydroxyl groups is 1. The second kappa shape index (κ2) is 8.67. The van der Waals surface area contributed by atoms with Crippen molar-refractivity contribution in [2.24, 2.45) is 11.8 Å². The third kappa shape index (κ3) is 5.38. The van der Waals surface area contributed by atoms with Crippen LogP contribution in [-0.2, 0) is 4.79 Å². The summed E-state index contributed by atoms with van der Waals surface area (Å²) >= 11 is 0. The van der Waals surface area contributed by atoms with E-state index >= 15 is 0 Å². The molecule has 4 heteroatoms. The zero-order valence-electron chi connectivity index (χ0n) is 12.5. The molecule has 1 saturated carbocycles. The fourth-order valence-electron chi connectivity index (χ4n) is 2.90. The number of carbonyl (C=O) groups excluding carboxylic acids is 1. The number of ether oxygens (including phenoxy) is 1. The molecule has 4 nitrogen and oxygen atoms in total. The Morgan fingerprint density at radius 2 is 2.00 bits per heavy atom. The Morgan fingerprint density at radius 1 is 1.24 bits per heavy atom. The van der Waals surface area contributed by atoms with Crippen LogP contribution in [0.15, 0.2) is 30.3 Å². The SMILES string of the molecule is O=C(CCCOc1ccccc1)NCC1CCCC1CO. The first-order chi connectivity index (χ1) is 10.3. The maximum absolute atomic E-state index is 11.8. The minimum atomic E-state index is 0.0789. The molecule has 116 valence electrons. The highest BCUT2D eigenvalue weighted by atomic mass is 16.5. The first-order valence-corrected chi connectivity index (χ1v) is 7.85. The predicted octanol–water partition coefficient (Wildman–Crippen LogP) is 2.37. The molecule has 0 saturated heterocycles. The summed E-state index contributed by atoms with van der Waals surface area (Å²) < 4.78 is 5.56. The molecule has 0 radical (unpaired) electrons. The number of rotatable bonds is 8. The number of benzene rings is 1. The lowest BCUT2D eigenvalue weighted by molar-refractivity contribution is -0.121. The summed E-state index contributed by atoms with van der Waals surface area (Å²) in [5.41, 5.74) is 0. The zero-order valence-corrected chi connectivity index (χ0v) is 12.5. The summed E-state index contributed by atoms with van der Waals surface area (Å²) in [6, 6.07) is 9.63. The van der Waals surface area contributed by atoms with E-state index in [1.165, 1.54) is 0 Å². The Balaban J connectivity index is 1.55. The molecule has 1 aliphatic rings. The van der Waals surface area contributed by atoms with Crippen molar-refractivity contribution in [2.75, 3.05) is 19.8 Å². The van der Waals surface area contributed by atoms with E-state index in [4.69, 9.17) is 4.74 Å². The quantitative estimate of drug-likeness (QED) is 0.723. The van der Waals surface area contributed by atoms with E-state index in [1.807, 2.05) is 30.3 Å². The van der Waals surface area contributed by atoms with Crippen LogP contribution in [-0.4, -0.2) is 30.8 Å². The Kier molecular flexibility index (Phi) is 6.54. The van der Waals surface area contributed by atoms with E-state index < -0.39 is 0 Å². The number of para-hydroxylation sites is 1. The van der Waals surface area contributed by atoms with E-state index in [2.05, 4.69) is 5.32 Å². The van der Waals surface area contributed by atoms with Gasteiger partial charge in [-0.3, -0.25) is 4.79 Å². The van der Waals surface area contributed by atoms with Gasteiger partial charge in [0.25, 0.3) is 0 Å². The molecule has 0 aliphatic heterocycles. The van der Waals surface area contributed by atoms with E-state index in [1.54, 1.807) is 0 Å². The molecule has 0 aromatic heterocycles. The van der Waals surface area contributed by atoms with Crippen LogP contribution in [0.4, 0.5) is 0 Å². The molecule has 2 atom stereocenters. The van der Waals surface area contributed by atoms with Crippen LogP contribution in [0, 0.1) is 11.8 Å². The summed E-state index contributed by atoms with van der Waals surface area (Å²) in [6.45, 7) is 1.50. The van der Waals surface area contributed by atoms with Gasteiger partial charge in [-0.2, -0.15) is 0 Å². The fraction of sp³-hybridized carbons (Fsp3) is 0.588. The molecule has 0 heterocycles. The molecule has 2 rings (SSSR count). The van der Waals surface area contributed by atoms with Gasteiger partial charge in [0.05, 0.1) is 6.61 Å². The van der Waals surface area contributed by atoms with Crippen molar-refractivity contribution < 1.29 is 14.6 Å². The zero-order chi connectivity index (χ0) is 14.9. The van der Waals surface area contributed by atoms with Crippen molar-refractivity contribution in [1.29, 1.82) is 0 Å².